The quantitative estimate of drug-likeness (QED) is 0.504. The molecule has 3 aromatic rings. The summed E-state index contributed by atoms with van der Waals surface area (Å²) in [7, 11) is 0. The van der Waals surface area contributed by atoms with E-state index in [1.807, 2.05) is 41.1 Å². The van der Waals surface area contributed by atoms with Crippen LogP contribution in [0.5, 0.6) is 0 Å². The van der Waals surface area contributed by atoms with Crippen LogP contribution < -0.4 is 0 Å². The zero-order valence-electron chi connectivity index (χ0n) is 13.7. The molecule has 0 saturated heterocycles. The van der Waals surface area contributed by atoms with Crippen molar-refractivity contribution >= 4 is 5.78 Å². The van der Waals surface area contributed by atoms with Crippen LogP contribution in [0.1, 0.15) is 34.0 Å². The summed E-state index contributed by atoms with van der Waals surface area (Å²) in [5, 5.41) is 0. The standard InChI is InChI=1S/C22H19NO/c1-3-19-15-23(22-13-11-20(12-14-22)17(2)24)16-21(19)10-9-18-7-5-4-6-8-18/h1,4-8,11-16H,9-10H2,2H3. The average Bonchev–Trinajstić information content (AvgIpc) is 3.04. The van der Waals surface area contributed by atoms with Gasteiger partial charge >= 0.3 is 0 Å². The Kier molecular flexibility index (Phi) is 4.63. The first-order chi connectivity index (χ1) is 11.7. The van der Waals surface area contributed by atoms with E-state index in [2.05, 4.69) is 36.4 Å². The van der Waals surface area contributed by atoms with E-state index >= 15 is 0 Å². The van der Waals surface area contributed by atoms with E-state index in [-0.39, 0.29) is 5.78 Å². The van der Waals surface area contributed by atoms with Crippen molar-refractivity contribution in [2.24, 2.45) is 0 Å². The van der Waals surface area contributed by atoms with E-state index in [0.29, 0.717) is 5.56 Å². The lowest BCUT2D eigenvalue weighted by Crippen LogP contribution is -1.94. The van der Waals surface area contributed by atoms with Crippen molar-refractivity contribution in [3.8, 4) is 18.0 Å². The van der Waals surface area contributed by atoms with Gasteiger partial charge in [-0.15, -0.1) is 6.42 Å². The van der Waals surface area contributed by atoms with E-state index in [0.717, 1.165) is 29.7 Å². The minimum atomic E-state index is 0.0712. The molecule has 2 heteroatoms. The minimum Gasteiger partial charge on any atom is -0.322 e. The van der Waals surface area contributed by atoms with Crippen LogP contribution in [0.2, 0.25) is 0 Å². The Morgan fingerprint density at radius 1 is 1.00 bits per heavy atom. The number of Topliss-reactive ketones (excluding diaryl/α,β-unsaturated/α-hetero) is 1. The number of hydrogen-bond acceptors (Lipinski definition) is 1. The van der Waals surface area contributed by atoms with Crippen molar-refractivity contribution in [2.45, 2.75) is 19.8 Å². The van der Waals surface area contributed by atoms with E-state index in [1.165, 1.54) is 5.56 Å². The second-order valence-electron chi connectivity index (χ2n) is 5.84. The fourth-order valence-electron chi connectivity index (χ4n) is 2.77. The Morgan fingerprint density at radius 2 is 1.71 bits per heavy atom. The van der Waals surface area contributed by atoms with Crippen LogP contribution >= 0.6 is 0 Å². The van der Waals surface area contributed by atoms with Gasteiger partial charge < -0.3 is 4.57 Å². The maximum atomic E-state index is 11.4. The number of aryl methyl sites for hydroxylation is 2. The maximum Gasteiger partial charge on any atom is 0.159 e. The largest absolute Gasteiger partial charge is 0.322 e. The second-order valence-corrected chi connectivity index (χ2v) is 5.84. The lowest BCUT2D eigenvalue weighted by molar-refractivity contribution is 0.101. The molecule has 0 N–H and O–H groups in total. The van der Waals surface area contributed by atoms with Gasteiger partial charge in [-0.05, 0) is 55.2 Å². The third-order valence-corrected chi connectivity index (χ3v) is 4.16. The van der Waals surface area contributed by atoms with Gasteiger partial charge in [-0.3, -0.25) is 4.79 Å². The minimum absolute atomic E-state index is 0.0712. The first-order valence-electron chi connectivity index (χ1n) is 8.00. The summed E-state index contributed by atoms with van der Waals surface area (Å²) >= 11 is 0. The lowest BCUT2D eigenvalue weighted by atomic mass is 10.0. The van der Waals surface area contributed by atoms with E-state index in [9.17, 15) is 4.79 Å². The number of benzene rings is 2. The average molecular weight is 313 g/mol. The molecular formula is C22H19NO. The van der Waals surface area contributed by atoms with E-state index < -0.39 is 0 Å². The third kappa shape index (κ3) is 3.47. The van der Waals surface area contributed by atoms with Crippen LogP contribution in [0.3, 0.4) is 0 Å². The molecule has 0 saturated carbocycles. The van der Waals surface area contributed by atoms with Crippen LogP contribution in [0.4, 0.5) is 0 Å². The Bertz CT molecular complexity index is 880. The number of aromatic nitrogens is 1. The fourth-order valence-corrected chi connectivity index (χ4v) is 2.77. The van der Waals surface area contributed by atoms with Crippen molar-refractivity contribution in [3.63, 3.8) is 0 Å². The first kappa shape index (κ1) is 15.8. The van der Waals surface area contributed by atoms with Gasteiger partial charge in [0.2, 0.25) is 0 Å². The van der Waals surface area contributed by atoms with Crippen LogP contribution in [0, 0.1) is 12.3 Å². The van der Waals surface area contributed by atoms with Crippen LogP contribution in [-0.2, 0) is 12.8 Å². The van der Waals surface area contributed by atoms with Gasteiger partial charge in [0.15, 0.2) is 5.78 Å². The second kappa shape index (κ2) is 7.02. The highest BCUT2D eigenvalue weighted by Gasteiger charge is 2.07. The molecule has 0 atom stereocenters. The van der Waals surface area contributed by atoms with Crippen LogP contribution in [0.25, 0.3) is 5.69 Å². The highest BCUT2D eigenvalue weighted by molar-refractivity contribution is 5.94. The molecule has 0 spiro atoms. The summed E-state index contributed by atoms with van der Waals surface area (Å²) in [6, 6.07) is 18.0. The number of ketones is 1. The number of nitrogens with zero attached hydrogens (tertiary/aromatic N) is 1. The van der Waals surface area contributed by atoms with Crippen molar-refractivity contribution in [1.82, 2.24) is 4.57 Å². The Morgan fingerprint density at radius 3 is 2.33 bits per heavy atom. The summed E-state index contributed by atoms with van der Waals surface area (Å²) in [4.78, 5) is 11.4. The number of carbonyl (C=O) groups excluding carboxylic acids is 1. The number of terminal acetylenes is 1. The molecule has 0 bridgehead atoms. The Balaban J connectivity index is 1.82. The van der Waals surface area contributed by atoms with Gasteiger partial charge in [-0.2, -0.15) is 0 Å². The zero-order chi connectivity index (χ0) is 16.9. The number of carbonyl (C=O) groups is 1. The van der Waals surface area contributed by atoms with Crippen molar-refractivity contribution in [2.75, 3.05) is 0 Å². The fraction of sp³-hybridized carbons (Fsp3) is 0.136. The molecule has 118 valence electrons. The molecule has 0 fully saturated rings. The SMILES string of the molecule is C#Cc1cn(-c2ccc(C(C)=O)cc2)cc1CCc1ccccc1. The van der Waals surface area contributed by atoms with Gasteiger partial charge in [0, 0.05) is 29.2 Å². The highest BCUT2D eigenvalue weighted by atomic mass is 16.1. The molecule has 1 heterocycles. The molecule has 0 aliphatic carbocycles. The van der Waals surface area contributed by atoms with Crippen molar-refractivity contribution in [3.05, 3.63) is 89.2 Å². The van der Waals surface area contributed by atoms with Gasteiger partial charge in [-0.25, -0.2) is 0 Å². The number of hydrogen-bond donors (Lipinski definition) is 0. The highest BCUT2D eigenvalue weighted by Crippen LogP contribution is 2.18. The topological polar surface area (TPSA) is 22.0 Å². The van der Waals surface area contributed by atoms with Crippen LogP contribution in [-0.4, -0.2) is 10.4 Å². The first-order valence-corrected chi connectivity index (χ1v) is 8.00. The Hall–Kier alpha value is -3.05. The maximum absolute atomic E-state index is 11.4. The predicted octanol–water partition coefficient (Wildman–Crippen LogP) is 4.45. The van der Waals surface area contributed by atoms with Crippen molar-refractivity contribution in [1.29, 1.82) is 0 Å². The van der Waals surface area contributed by atoms with E-state index in [4.69, 9.17) is 6.42 Å². The molecule has 0 amide bonds. The Labute approximate surface area is 142 Å². The van der Waals surface area contributed by atoms with Crippen molar-refractivity contribution < 1.29 is 4.79 Å². The van der Waals surface area contributed by atoms with Gasteiger partial charge in [0.25, 0.3) is 0 Å². The summed E-state index contributed by atoms with van der Waals surface area (Å²) in [6.45, 7) is 1.57. The summed E-state index contributed by atoms with van der Waals surface area (Å²) in [6.07, 6.45) is 11.6. The molecule has 0 aliphatic rings. The molecule has 2 nitrogen and oxygen atoms in total. The lowest BCUT2D eigenvalue weighted by Gasteiger charge is -2.03. The molecule has 0 aliphatic heterocycles. The molecule has 0 radical (unpaired) electrons. The normalized spacial score (nSPS) is 10.3. The predicted molar refractivity (Wildman–Crippen MR) is 97.6 cm³/mol. The van der Waals surface area contributed by atoms with Crippen LogP contribution in [0.15, 0.2) is 67.0 Å². The molecule has 3 rings (SSSR count). The summed E-state index contributed by atoms with van der Waals surface area (Å²) in [5.41, 5.74) is 5.10. The zero-order valence-corrected chi connectivity index (χ0v) is 13.7. The molecular weight excluding hydrogens is 294 g/mol. The summed E-state index contributed by atoms with van der Waals surface area (Å²) < 4.78 is 2.03. The molecule has 24 heavy (non-hydrogen) atoms. The third-order valence-electron chi connectivity index (χ3n) is 4.16. The number of rotatable bonds is 5. The molecule has 0 unspecified atom stereocenters. The van der Waals surface area contributed by atoms with E-state index in [1.54, 1.807) is 6.92 Å². The van der Waals surface area contributed by atoms with Gasteiger partial charge in [-0.1, -0.05) is 36.3 Å². The molecule has 1 aromatic heterocycles. The van der Waals surface area contributed by atoms with Gasteiger partial charge in [0.05, 0.1) is 0 Å². The van der Waals surface area contributed by atoms with Gasteiger partial charge in [0.1, 0.15) is 0 Å². The smallest absolute Gasteiger partial charge is 0.159 e. The monoisotopic (exact) mass is 313 g/mol. The molecule has 2 aromatic carbocycles. The summed E-state index contributed by atoms with van der Waals surface area (Å²) in [5.74, 6) is 2.85.